The zero-order valence-electron chi connectivity index (χ0n) is 10.3. The highest BCUT2D eigenvalue weighted by atomic mass is 16.4. The molecule has 0 spiro atoms. The monoisotopic (exact) mass is 225 g/mol. The Bertz CT molecular complexity index is 366. The lowest BCUT2D eigenvalue weighted by Crippen LogP contribution is -2.03. The average molecular weight is 225 g/mol. The number of hydrogen-bond donors (Lipinski definition) is 1. The predicted molar refractivity (Wildman–Crippen MR) is 60.5 cm³/mol. The highest BCUT2D eigenvalue weighted by molar-refractivity contribution is 5.85. The minimum Gasteiger partial charge on any atom is -0.475 e. The molecular formula is C12H19NO3. The summed E-state index contributed by atoms with van der Waals surface area (Å²) in [4.78, 5) is 15.2. The van der Waals surface area contributed by atoms with Crippen molar-refractivity contribution in [1.29, 1.82) is 0 Å². The SMILES string of the molecule is CC(C)Cc1nc(CC(C)C)c(C(=O)O)o1. The molecule has 1 rings (SSSR count). The van der Waals surface area contributed by atoms with Gasteiger partial charge in [0.15, 0.2) is 5.89 Å². The number of hydrogen-bond acceptors (Lipinski definition) is 3. The van der Waals surface area contributed by atoms with Crippen molar-refractivity contribution in [3.63, 3.8) is 0 Å². The summed E-state index contributed by atoms with van der Waals surface area (Å²) in [6.07, 6.45) is 1.32. The molecule has 1 aromatic heterocycles. The Balaban J connectivity index is 2.95. The Morgan fingerprint density at radius 1 is 1.25 bits per heavy atom. The third-order valence-corrected chi connectivity index (χ3v) is 2.12. The van der Waals surface area contributed by atoms with Gasteiger partial charge in [0.2, 0.25) is 5.76 Å². The first-order chi connectivity index (χ1) is 7.40. The van der Waals surface area contributed by atoms with E-state index in [0.29, 0.717) is 36.3 Å². The van der Waals surface area contributed by atoms with Gasteiger partial charge in [0.1, 0.15) is 0 Å². The van der Waals surface area contributed by atoms with E-state index in [0.717, 1.165) is 0 Å². The molecule has 4 nitrogen and oxygen atoms in total. The van der Waals surface area contributed by atoms with Crippen LogP contribution in [0.4, 0.5) is 0 Å². The molecule has 0 amide bonds. The smallest absolute Gasteiger partial charge is 0.373 e. The Kier molecular flexibility index (Phi) is 4.10. The maximum atomic E-state index is 11.0. The molecule has 16 heavy (non-hydrogen) atoms. The maximum Gasteiger partial charge on any atom is 0.373 e. The molecule has 0 unspecified atom stereocenters. The van der Waals surface area contributed by atoms with Gasteiger partial charge in [-0.25, -0.2) is 9.78 Å². The van der Waals surface area contributed by atoms with Crippen LogP contribution in [0.5, 0.6) is 0 Å². The van der Waals surface area contributed by atoms with Crippen LogP contribution in [0.1, 0.15) is 49.8 Å². The third kappa shape index (κ3) is 3.36. The first-order valence-corrected chi connectivity index (χ1v) is 5.62. The number of rotatable bonds is 5. The second-order valence-corrected chi connectivity index (χ2v) is 4.88. The van der Waals surface area contributed by atoms with Crippen molar-refractivity contribution in [3.8, 4) is 0 Å². The largest absolute Gasteiger partial charge is 0.475 e. The van der Waals surface area contributed by atoms with Crippen LogP contribution < -0.4 is 0 Å². The number of aromatic nitrogens is 1. The molecule has 0 aromatic carbocycles. The van der Waals surface area contributed by atoms with E-state index >= 15 is 0 Å². The quantitative estimate of drug-likeness (QED) is 0.836. The van der Waals surface area contributed by atoms with Gasteiger partial charge in [-0.05, 0) is 18.3 Å². The number of carboxylic acid groups (broad SMARTS) is 1. The van der Waals surface area contributed by atoms with E-state index in [4.69, 9.17) is 9.52 Å². The molecular weight excluding hydrogens is 206 g/mol. The molecule has 0 aliphatic heterocycles. The summed E-state index contributed by atoms with van der Waals surface area (Å²) >= 11 is 0. The van der Waals surface area contributed by atoms with Crippen LogP contribution in [0.3, 0.4) is 0 Å². The second kappa shape index (κ2) is 5.14. The molecule has 0 saturated carbocycles. The van der Waals surface area contributed by atoms with Crippen molar-refractivity contribution < 1.29 is 14.3 Å². The van der Waals surface area contributed by atoms with Crippen molar-refractivity contribution >= 4 is 5.97 Å². The second-order valence-electron chi connectivity index (χ2n) is 4.88. The summed E-state index contributed by atoms with van der Waals surface area (Å²) in [7, 11) is 0. The van der Waals surface area contributed by atoms with Gasteiger partial charge in [-0.15, -0.1) is 0 Å². The van der Waals surface area contributed by atoms with E-state index in [1.165, 1.54) is 0 Å². The molecule has 0 saturated heterocycles. The van der Waals surface area contributed by atoms with Crippen LogP contribution in [0, 0.1) is 11.8 Å². The van der Waals surface area contributed by atoms with Crippen molar-refractivity contribution in [2.75, 3.05) is 0 Å². The lowest BCUT2D eigenvalue weighted by atomic mass is 10.1. The topological polar surface area (TPSA) is 63.3 Å². The van der Waals surface area contributed by atoms with E-state index in [2.05, 4.69) is 4.98 Å². The Morgan fingerprint density at radius 3 is 2.25 bits per heavy atom. The predicted octanol–water partition coefficient (Wildman–Crippen LogP) is 2.77. The van der Waals surface area contributed by atoms with Crippen molar-refractivity contribution in [3.05, 3.63) is 17.3 Å². The van der Waals surface area contributed by atoms with Crippen LogP contribution >= 0.6 is 0 Å². The first-order valence-electron chi connectivity index (χ1n) is 5.62. The third-order valence-electron chi connectivity index (χ3n) is 2.12. The van der Waals surface area contributed by atoms with Crippen LogP contribution in [-0.2, 0) is 12.8 Å². The number of oxazole rings is 1. The van der Waals surface area contributed by atoms with Gasteiger partial charge in [0, 0.05) is 6.42 Å². The molecule has 1 aromatic rings. The summed E-state index contributed by atoms with van der Waals surface area (Å²) in [6.45, 7) is 8.16. The van der Waals surface area contributed by atoms with Crippen molar-refractivity contribution in [1.82, 2.24) is 4.98 Å². The standard InChI is InChI=1S/C12H19NO3/c1-7(2)5-9-11(12(14)15)16-10(13-9)6-8(3)4/h7-8H,5-6H2,1-4H3,(H,14,15). The van der Waals surface area contributed by atoms with Crippen LogP contribution in [0.15, 0.2) is 4.42 Å². The molecule has 1 heterocycles. The number of carbonyl (C=O) groups is 1. The fraction of sp³-hybridized carbons (Fsp3) is 0.667. The van der Waals surface area contributed by atoms with Gasteiger partial charge < -0.3 is 9.52 Å². The van der Waals surface area contributed by atoms with Gasteiger partial charge in [-0.2, -0.15) is 0 Å². The zero-order chi connectivity index (χ0) is 12.3. The molecule has 4 heteroatoms. The molecule has 0 bridgehead atoms. The normalized spacial score (nSPS) is 11.4. The Morgan fingerprint density at radius 2 is 1.81 bits per heavy atom. The molecule has 0 fully saturated rings. The van der Waals surface area contributed by atoms with Crippen molar-refractivity contribution in [2.24, 2.45) is 11.8 Å². The summed E-state index contributed by atoms with van der Waals surface area (Å²) in [5, 5.41) is 8.99. The van der Waals surface area contributed by atoms with E-state index in [1.54, 1.807) is 0 Å². The van der Waals surface area contributed by atoms with E-state index in [1.807, 2.05) is 27.7 Å². The molecule has 0 aliphatic carbocycles. The number of nitrogens with zero attached hydrogens (tertiary/aromatic N) is 1. The van der Waals surface area contributed by atoms with E-state index in [9.17, 15) is 4.79 Å². The molecule has 0 atom stereocenters. The maximum absolute atomic E-state index is 11.0. The highest BCUT2D eigenvalue weighted by Gasteiger charge is 2.20. The minimum atomic E-state index is -1.03. The van der Waals surface area contributed by atoms with Gasteiger partial charge in [0.05, 0.1) is 5.69 Å². The molecule has 1 N–H and O–H groups in total. The minimum absolute atomic E-state index is 0.00403. The van der Waals surface area contributed by atoms with E-state index < -0.39 is 5.97 Å². The Labute approximate surface area is 95.7 Å². The Hall–Kier alpha value is -1.32. The van der Waals surface area contributed by atoms with Crippen molar-refractivity contribution in [2.45, 2.75) is 40.5 Å². The summed E-state index contributed by atoms with van der Waals surface area (Å²) < 4.78 is 5.28. The fourth-order valence-corrected chi connectivity index (χ4v) is 1.53. The van der Waals surface area contributed by atoms with Gasteiger partial charge >= 0.3 is 5.97 Å². The summed E-state index contributed by atoms with van der Waals surface area (Å²) in [5.74, 6) is 0.285. The summed E-state index contributed by atoms with van der Waals surface area (Å²) in [6, 6.07) is 0. The van der Waals surface area contributed by atoms with Gasteiger partial charge in [-0.3, -0.25) is 0 Å². The molecule has 0 aliphatic rings. The summed E-state index contributed by atoms with van der Waals surface area (Å²) in [5.41, 5.74) is 0.568. The fourth-order valence-electron chi connectivity index (χ4n) is 1.53. The number of carboxylic acids is 1. The average Bonchev–Trinajstić information content (AvgIpc) is 2.45. The van der Waals surface area contributed by atoms with E-state index in [-0.39, 0.29) is 5.76 Å². The lowest BCUT2D eigenvalue weighted by molar-refractivity contribution is 0.0658. The lowest BCUT2D eigenvalue weighted by Gasteiger charge is -2.00. The van der Waals surface area contributed by atoms with Crippen LogP contribution in [0.2, 0.25) is 0 Å². The van der Waals surface area contributed by atoms with Gasteiger partial charge in [0.25, 0.3) is 0 Å². The highest BCUT2D eigenvalue weighted by Crippen LogP contribution is 2.17. The molecule has 0 radical (unpaired) electrons. The first kappa shape index (κ1) is 12.7. The van der Waals surface area contributed by atoms with Crippen LogP contribution in [-0.4, -0.2) is 16.1 Å². The van der Waals surface area contributed by atoms with Crippen LogP contribution in [0.25, 0.3) is 0 Å². The number of aromatic carboxylic acids is 1. The molecule has 90 valence electrons. The zero-order valence-corrected chi connectivity index (χ0v) is 10.3. The van der Waals surface area contributed by atoms with Gasteiger partial charge in [-0.1, -0.05) is 27.7 Å².